The van der Waals surface area contributed by atoms with Gasteiger partial charge in [-0.05, 0) is 37.3 Å². The molecule has 0 radical (unpaired) electrons. The highest BCUT2D eigenvalue weighted by Gasteiger charge is 2.20. The number of nitrogens with one attached hydrogen (secondary N) is 1. The van der Waals surface area contributed by atoms with E-state index in [1.165, 1.54) is 5.56 Å². The number of anilines is 2. The van der Waals surface area contributed by atoms with Gasteiger partial charge in [0.2, 0.25) is 5.91 Å². The van der Waals surface area contributed by atoms with E-state index in [2.05, 4.69) is 35.3 Å². The summed E-state index contributed by atoms with van der Waals surface area (Å²) in [5.74, 6) is 0.213. The van der Waals surface area contributed by atoms with Crippen LogP contribution in [0, 0.1) is 6.92 Å². The maximum atomic E-state index is 12.4. The van der Waals surface area contributed by atoms with Crippen molar-refractivity contribution in [1.82, 2.24) is 4.90 Å². The van der Waals surface area contributed by atoms with E-state index in [-0.39, 0.29) is 5.91 Å². The van der Waals surface area contributed by atoms with Gasteiger partial charge in [-0.2, -0.15) is 0 Å². The van der Waals surface area contributed by atoms with Gasteiger partial charge in [-0.25, -0.2) is 0 Å². The first-order chi connectivity index (χ1) is 12.1. The van der Waals surface area contributed by atoms with Crippen LogP contribution in [-0.4, -0.2) is 43.5 Å². The zero-order valence-corrected chi connectivity index (χ0v) is 15.3. The second-order valence-electron chi connectivity index (χ2n) is 6.39. The fourth-order valence-corrected chi connectivity index (χ4v) is 3.21. The van der Waals surface area contributed by atoms with Crippen molar-refractivity contribution in [3.63, 3.8) is 0 Å². The highest BCUT2D eigenvalue weighted by molar-refractivity contribution is 6.30. The Labute approximate surface area is 154 Å². The molecule has 0 unspecified atom stereocenters. The Kier molecular flexibility index (Phi) is 5.82. The van der Waals surface area contributed by atoms with Crippen LogP contribution in [0.25, 0.3) is 0 Å². The number of rotatable bonds is 5. The number of nitrogens with zero attached hydrogens (tertiary/aromatic N) is 2. The van der Waals surface area contributed by atoms with Crippen molar-refractivity contribution in [1.29, 1.82) is 0 Å². The van der Waals surface area contributed by atoms with Crippen molar-refractivity contribution in [3.05, 3.63) is 59.1 Å². The standard InChI is InChI=1S/C20H24ClN3O/c1-16-5-7-18(8-6-16)22-10-9-20(25)24-13-11-23(12-14-24)19-4-2-3-17(21)15-19/h2-8,15,22H,9-14H2,1H3. The highest BCUT2D eigenvalue weighted by atomic mass is 35.5. The van der Waals surface area contributed by atoms with Crippen molar-refractivity contribution in [3.8, 4) is 0 Å². The molecule has 2 aromatic rings. The van der Waals surface area contributed by atoms with Gasteiger partial charge in [-0.15, -0.1) is 0 Å². The van der Waals surface area contributed by atoms with Crippen LogP contribution in [0.3, 0.4) is 0 Å². The Morgan fingerprint density at radius 1 is 1.08 bits per heavy atom. The van der Waals surface area contributed by atoms with Gasteiger partial charge in [0, 0.05) is 55.5 Å². The summed E-state index contributed by atoms with van der Waals surface area (Å²) in [6.45, 7) is 5.94. The van der Waals surface area contributed by atoms with Crippen LogP contribution in [0.4, 0.5) is 11.4 Å². The normalized spacial score (nSPS) is 14.5. The third-order valence-corrected chi connectivity index (χ3v) is 4.76. The van der Waals surface area contributed by atoms with Crippen LogP contribution in [-0.2, 0) is 4.79 Å². The van der Waals surface area contributed by atoms with Crippen molar-refractivity contribution in [2.45, 2.75) is 13.3 Å². The molecule has 0 aromatic heterocycles. The van der Waals surface area contributed by atoms with Crippen molar-refractivity contribution >= 4 is 28.9 Å². The largest absolute Gasteiger partial charge is 0.385 e. The fraction of sp³-hybridized carbons (Fsp3) is 0.350. The molecular formula is C20H24ClN3O. The van der Waals surface area contributed by atoms with E-state index in [1.54, 1.807) is 0 Å². The molecule has 25 heavy (non-hydrogen) atoms. The minimum atomic E-state index is 0.213. The average Bonchev–Trinajstić information content (AvgIpc) is 2.63. The number of carbonyl (C=O) groups is 1. The summed E-state index contributed by atoms with van der Waals surface area (Å²) in [6, 6.07) is 16.1. The summed E-state index contributed by atoms with van der Waals surface area (Å²) in [6.07, 6.45) is 0.519. The number of hydrogen-bond donors (Lipinski definition) is 1. The topological polar surface area (TPSA) is 35.6 Å². The zero-order valence-electron chi connectivity index (χ0n) is 14.5. The smallest absolute Gasteiger partial charge is 0.224 e. The minimum Gasteiger partial charge on any atom is -0.385 e. The van der Waals surface area contributed by atoms with Gasteiger partial charge in [-0.1, -0.05) is 35.4 Å². The van der Waals surface area contributed by atoms with E-state index in [0.29, 0.717) is 13.0 Å². The molecular weight excluding hydrogens is 334 g/mol. The number of hydrogen-bond acceptors (Lipinski definition) is 3. The second-order valence-corrected chi connectivity index (χ2v) is 6.83. The Balaban J connectivity index is 1.43. The zero-order chi connectivity index (χ0) is 17.6. The molecule has 0 spiro atoms. The predicted octanol–water partition coefficient (Wildman–Crippen LogP) is 3.80. The maximum absolute atomic E-state index is 12.4. The molecule has 5 heteroatoms. The molecule has 3 rings (SSSR count). The Bertz CT molecular complexity index is 709. The third-order valence-electron chi connectivity index (χ3n) is 4.53. The highest BCUT2D eigenvalue weighted by Crippen LogP contribution is 2.21. The van der Waals surface area contributed by atoms with E-state index >= 15 is 0 Å². The molecule has 1 N–H and O–H groups in total. The molecule has 0 saturated carbocycles. The molecule has 1 fully saturated rings. The summed E-state index contributed by atoms with van der Waals surface area (Å²) in [5, 5.41) is 4.06. The molecule has 1 heterocycles. The average molecular weight is 358 g/mol. The van der Waals surface area contributed by atoms with Crippen LogP contribution < -0.4 is 10.2 Å². The van der Waals surface area contributed by atoms with Crippen LogP contribution >= 0.6 is 11.6 Å². The van der Waals surface area contributed by atoms with Gasteiger partial charge >= 0.3 is 0 Å². The van der Waals surface area contributed by atoms with E-state index in [0.717, 1.165) is 42.6 Å². The first-order valence-corrected chi connectivity index (χ1v) is 9.08. The van der Waals surface area contributed by atoms with Crippen LogP contribution in [0.1, 0.15) is 12.0 Å². The molecule has 1 aliphatic heterocycles. The number of aryl methyl sites for hydroxylation is 1. The third kappa shape index (κ3) is 4.89. The van der Waals surface area contributed by atoms with Gasteiger partial charge in [0.15, 0.2) is 0 Å². The van der Waals surface area contributed by atoms with E-state index < -0.39 is 0 Å². The van der Waals surface area contributed by atoms with Gasteiger partial charge in [-0.3, -0.25) is 4.79 Å². The molecule has 0 bridgehead atoms. The fourth-order valence-electron chi connectivity index (χ4n) is 3.03. The summed E-state index contributed by atoms with van der Waals surface area (Å²) >= 11 is 6.06. The quantitative estimate of drug-likeness (QED) is 0.884. The van der Waals surface area contributed by atoms with Crippen molar-refractivity contribution < 1.29 is 4.79 Å². The number of piperazine rings is 1. The number of benzene rings is 2. The molecule has 132 valence electrons. The molecule has 1 aliphatic rings. The lowest BCUT2D eigenvalue weighted by Crippen LogP contribution is -2.49. The molecule has 0 atom stereocenters. The van der Waals surface area contributed by atoms with Gasteiger partial charge in [0.25, 0.3) is 0 Å². The van der Waals surface area contributed by atoms with Gasteiger partial charge in [0.1, 0.15) is 0 Å². The summed E-state index contributed by atoms with van der Waals surface area (Å²) < 4.78 is 0. The van der Waals surface area contributed by atoms with Gasteiger partial charge < -0.3 is 15.1 Å². The molecule has 2 aromatic carbocycles. The first kappa shape index (κ1) is 17.6. The molecule has 0 aliphatic carbocycles. The number of carbonyl (C=O) groups excluding carboxylic acids is 1. The predicted molar refractivity (Wildman–Crippen MR) is 105 cm³/mol. The monoisotopic (exact) mass is 357 g/mol. The van der Waals surface area contributed by atoms with E-state index in [9.17, 15) is 4.79 Å². The van der Waals surface area contributed by atoms with E-state index in [1.807, 2.05) is 35.2 Å². The Hall–Kier alpha value is -2.20. The summed E-state index contributed by atoms with van der Waals surface area (Å²) in [5.41, 5.74) is 3.42. The first-order valence-electron chi connectivity index (χ1n) is 8.71. The van der Waals surface area contributed by atoms with Crippen LogP contribution in [0.2, 0.25) is 5.02 Å². The lowest BCUT2D eigenvalue weighted by molar-refractivity contribution is -0.131. The molecule has 1 amide bonds. The number of halogens is 1. The minimum absolute atomic E-state index is 0.213. The second kappa shape index (κ2) is 8.26. The van der Waals surface area contributed by atoms with E-state index in [4.69, 9.17) is 11.6 Å². The lowest BCUT2D eigenvalue weighted by Gasteiger charge is -2.36. The summed E-state index contributed by atoms with van der Waals surface area (Å²) in [4.78, 5) is 16.6. The van der Waals surface area contributed by atoms with Crippen LogP contribution in [0.15, 0.2) is 48.5 Å². The Morgan fingerprint density at radius 3 is 2.48 bits per heavy atom. The van der Waals surface area contributed by atoms with Gasteiger partial charge in [0.05, 0.1) is 0 Å². The van der Waals surface area contributed by atoms with Crippen LogP contribution in [0.5, 0.6) is 0 Å². The summed E-state index contributed by atoms with van der Waals surface area (Å²) in [7, 11) is 0. The SMILES string of the molecule is Cc1ccc(NCCC(=O)N2CCN(c3cccc(Cl)c3)CC2)cc1. The Morgan fingerprint density at radius 2 is 1.80 bits per heavy atom. The van der Waals surface area contributed by atoms with Crippen molar-refractivity contribution in [2.24, 2.45) is 0 Å². The molecule has 1 saturated heterocycles. The molecule has 4 nitrogen and oxygen atoms in total. The lowest BCUT2D eigenvalue weighted by atomic mass is 10.2. The van der Waals surface area contributed by atoms with Crippen molar-refractivity contribution in [2.75, 3.05) is 42.9 Å². The number of amides is 1. The maximum Gasteiger partial charge on any atom is 0.224 e.